The van der Waals surface area contributed by atoms with Gasteiger partial charge in [-0.3, -0.25) is 18.6 Å². The van der Waals surface area contributed by atoms with Crippen LogP contribution in [0.3, 0.4) is 0 Å². The summed E-state index contributed by atoms with van der Waals surface area (Å²) in [5, 5.41) is 50.3. The van der Waals surface area contributed by atoms with Crippen LogP contribution in [0.2, 0.25) is 0 Å². The van der Waals surface area contributed by atoms with Crippen molar-refractivity contribution in [3.8, 4) is 0 Å². The van der Waals surface area contributed by atoms with Crippen LogP contribution in [-0.2, 0) is 32.7 Å². The van der Waals surface area contributed by atoms with Crippen LogP contribution in [0.1, 0.15) is 219 Å². The number of ether oxygens (including phenoxy) is 2. The van der Waals surface area contributed by atoms with E-state index in [2.05, 4.69) is 86.8 Å². The molecule has 0 aromatic heterocycles. The lowest BCUT2D eigenvalue weighted by atomic mass is 9.85. The Balaban J connectivity index is 2.39. The van der Waals surface area contributed by atoms with Gasteiger partial charge in [-0.15, -0.1) is 0 Å². The molecule has 1 saturated carbocycles. The minimum absolute atomic E-state index is 0.0494. The van der Waals surface area contributed by atoms with E-state index in [0.717, 1.165) is 64.2 Å². The van der Waals surface area contributed by atoms with Crippen molar-refractivity contribution in [2.24, 2.45) is 0 Å². The van der Waals surface area contributed by atoms with Gasteiger partial charge >= 0.3 is 19.8 Å². The largest absolute Gasteiger partial charge is 0.472 e. The number of carbonyl (C=O) groups excluding carboxylic acids is 2. The number of aliphatic hydroxyl groups is 5. The molecule has 0 aromatic rings. The molecule has 0 amide bonds. The van der Waals surface area contributed by atoms with Crippen LogP contribution in [0.25, 0.3) is 0 Å². The molecule has 6 N–H and O–H groups in total. The first-order chi connectivity index (χ1) is 34.4. The topological polar surface area (TPSA) is 210 Å². The highest BCUT2D eigenvalue weighted by molar-refractivity contribution is 7.47. The average molecular weight is 1020 g/mol. The SMILES string of the molecule is CC/C=C/C/C=C/C/C=C/C/C=C/C/C=C/CCCCCC(=O)O[C@@H](COC(=O)CCC/C=C/CCCCCCCCCCCCCCCCCCCC)COP(=O)(O)OC1C(O)C(O)C(O)[C@H](O)C1O. The smallest absolute Gasteiger partial charge is 0.462 e. The Hall–Kier alpha value is -2.71. The zero-order chi connectivity index (χ0) is 52.1. The van der Waals surface area contributed by atoms with Crippen LogP contribution in [0.4, 0.5) is 0 Å². The fourth-order valence-electron chi connectivity index (χ4n) is 8.14. The van der Waals surface area contributed by atoms with E-state index in [0.29, 0.717) is 19.3 Å². The molecule has 8 atom stereocenters. The fraction of sp³-hybridized carbons (Fsp3) is 0.754. The Morgan fingerprint density at radius 1 is 0.451 bits per heavy atom. The van der Waals surface area contributed by atoms with Crippen molar-refractivity contribution in [2.45, 2.75) is 262 Å². The highest BCUT2D eigenvalue weighted by atomic mass is 31.2. The molecular weight excluding hydrogens is 924 g/mol. The van der Waals surface area contributed by atoms with E-state index < -0.39 is 75.7 Å². The summed E-state index contributed by atoms with van der Waals surface area (Å²) in [5.41, 5.74) is 0. The number of aliphatic hydroxyl groups excluding tert-OH is 5. The van der Waals surface area contributed by atoms with Gasteiger partial charge in [0.25, 0.3) is 0 Å². The van der Waals surface area contributed by atoms with Gasteiger partial charge in [-0.1, -0.05) is 202 Å². The Bertz CT molecular complexity index is 1510. The molecule has 410 valence electrons. The van der Waals surface area contributed by atoms with Crippen molar-refractivity contribution in [3.63, 3.8) is 0 Å². The summed E-state index contributed by atoms with van der Waals surface area (Å²) in [7, 11) is -5.14. The Kier molecular flexibility index (Phi) is 42.8. The molecule has 0 spiro atoms. The van der Waals surface area contributed by atoms with Gasteiger partial charge < -0.3 is 39.9 Å². The number of allylic oxidation sites excluding steroid dienone is 12. The van der Waals surface area contributed by atoms with Crippen molar-refractivity contribution in [1.29, 1.82) is 0 Å². The van der Waals surface area contributed by atoms with Gasteiger partial charge in [-0.25, -0.2) is 4.57 Å². The van der Waals surface area contributed by atoms with Gasteiger partial charge in [0.2, 0.25) is 0 Å². The average Bonchev–Trinajstić information content (AvgIpc) is 3.35. The van der Waals surface area contributed by atoms with Gasteiger partial charge in [0.15, 0.2) is 6.10 Å². The molecule has 1 aliphatic carbocycles. The summed E-state index contributed by atoms with van der Waals surface area (Å²) in [5.74, 6) is -1.17. The Labute approximate surface area is 429 Å². The van der Waals surface area contributed by atoms with E-state index in [1.54, 1.807) is 0 Å². The second-order valence-electron chi connectivity index (χ2n) is 19.1. The zero-order valence-corrected chi connectivity index (χ0v) is 44.9. The van der Waals surface area contributed by atoms with Gasteiger partial charge in [-0.2, -0.15) is 0 Å². The monoisotopic (exact) mass is 1020 g/mol. The number of phosphoric acid groups is 1. The molecule has 0 bridgehead atoms. The number of phosphoric ester groups is 1. The maximum atomic E-state index is 12.9. The van der Waals surface area contributed by atoms with Gasteiger partial charge in [-0.05, 0) is 77.0 Å². The van der Waals surface area contributed by atoms with E-state index in [9.17, 15) is 44.6 Å². The number of esters is 2. The van der Waals surface area contributed by atoms with E-state index in [4.69, 9.17) is 18.5 Å². The first-order valence-electron chi connectivity index (χ1n) is 27.7. The van der Waals surface area contributed by atoms with Crippen molar-refractivity contribution in [2.75, 3.05) is 13.2 Å². The maximum absolute atomic E-state index is 12.9. The number of hydrogen-bond acceptors (Lipinski definition) is 12. The third-order valence-corrected chi connectivity index (χ3v) is 13.5. The molecule has 6 unspecified atom stereocenters. The minimum atomic E-state index is -5.14. The van der Waals surface area contributed by atoms with Crippen molar-refractivity contribution in [1.82, 2.24) is 0 Å². The van der Waals surface area contributed by atoms with Crippen LogP contribution in [0.15, 0.2) is 72.9 Å². The summed E-state index contributed by atoms with van der Waals surface area (Å²) >= 11 is 0. The molecule has 0 saturated heterocycles. The second-order valence-corrected chi connectivity index (χ2v) is 20.5. The number of carbonyl (C=O) groups is 2. The lowest BCUT2D eigenvalue weighted by Crippen LogP contribution is -2.64. The van der Waals surface area contributed by atoms with Gasteiger partial charge in [0, 0.05) is 12.8 Å². The normalized spacial score (nSPS) is 21.2. The van der Waals surface area contributed by atoms with Crippen LogP contribution in [0, 0.1) is 0 Å². The summed E-state index contributed by atoms with van der Waals surface area (Å²) in [6.45, 7) is 3.17. The standard InChI is InChI=1S/C57H99O13P/c1-3-5-7-9-11-13-15-17-19-21-23-24-25-26-28-29-31-33-35-37-39-41-43-45-50(58)67-47-49(48-68-71(65,66)70-57-55(63)53(61)52(60)54(62)56(57)64)69-51(59)46-44-42-40-38-36-34-32-30-27-22-20-18-16-14-12-10-8-6-4-2/h6,8,12,14,18,20,27,30,34,36-37,39,49,52-57,60-64H,3-5,7,9-11,13,15-17,19,21-26,28-29,31-33,35,38,40-48H2,1-2H3,(H,65,66)/b8-6+,14-12+,20-18+,30-27+,36-34+,39-37+/t49-,52?,53-,54?,55?,56?,57?/m0/s1. The summed E-state index contributed by atoms with van der Waals surface area (Å²) < 4.78 is 33.6. The summed E-state index contributed by atoms with van der Waals surface area (Å²) in [6, 6.07) is 0. The van der Waals surface area contributed by atoms with Crippen LogP contribution in [-0.4, -0.2) is 98.3 Å². The first kappa shape index (κ1) is 66.3. The highest BCUT2D eigenvalue weighted by Gasteiger charge is 2.51. The Morgan fingerprint density at radius 2 is 0.817 bits per heavy atom. The molecule has 0 aliphatic heterocycles. The van der Waals surface area contributed by atoms with Crippen LogP contribution in [0.5, 0.6) is 0 Å². The van der Waals surface area contributed by atoms with Crippen molar-refractivity contribution >= 4 is 19.8 Å². The van der Waals surface area contributed by atoms with Crippen molar-refractivity contribution in [3.05, 3.63) is 72.9 Å². The molecule has 1 rings (SSSR count). The van der Waals surface area contributed by atoms with Crippen LogP contribution < -0.4 is 0 Å². The predicted molar refractivity (Wildman–Crippen MR) is 285 cm³/mol. The van der Waals surface area contributed by atoms with Gasteiger partial charge in [0.05, 0.1) is 6.61 Å². The lowest BCUT2D eigenvalue weighted by molar-refractivity contribution is -0.220. The molecule has 0 aromatic carbocycles. The van der Waals surface area contributed by atoms with E-state index in [1.807, 2.05) is 0 Å². The third kappa shape index (κ3) is 37.6. The molecule has 1 fully saturated rings. The molecule has 0 heterocycles. The third-order valence-electron chi connectivity index (χ3n) is 12.5. The summed E-state index contributed by atoms with van der Waals surface area (Å²) in [6.07, 6.45) is 46.8. The molecule has 71 heavy (non-hydrogen) atoms. The molecular formula is C57H99O13P. The second kappa shape index (κ2) is 45.9. The van der Waals surface area contributed by atoms with E-state index >= 15 is 0 Å². The number of rotatable bonds is 46. The lowest BCUT2D eigenvalue weighted by Gasteiger charge is -2.41. The highest BCUT2D eigenvalue weighted by Crippen LogP contribution is 2.47. The van der Waals surface area contributed by atoms with E-state index in [1.165, 1.54) is 109 Å². The molecule has 14 heteroatoms. The maximum Gasteiger partial charge on any atom is 0.472 e. The predicted octanol–water partition coefficient (Wildman–Crippen LogP) is 12.6. The minimum Gasteiger partial charge on any atom is -0.462 e. The molecule has 1 aliphatic rings. The fourth-order valence-corrected chi connectivity index (χ4v) is 9.12. The molecule has 0 radical (unpaired) electrons. The number of hydrogen-bond donors (Lipinski definition) is 6. The van der Waals surface area contributed by atoms with Crippen molar-refractivity contribution < 1.29 is 63.1 Å². The number of unbranched alkanes of at least 4 members (excludes halogenated alkanes) is 22. The quantitative estimate of drug-likeness (QED) is 0.0145. The van der Waals surface area contributed by atoms with E-state index in [-0.39, 0.29) is 12.8 Å². The first-order valence-corrected chi connectivity index (χ1v) is 29.2. The zero-order valence-electron chi connectivity index (χ0n) is 44.0. The molecule has 13 nitrogen and oxygen atoms in total. The Morgan fingerprint density at radius 3 is 1.28 bits per heavy atom. The van der Waals surface area contributed by atoms with Crippen LogP contribution >= 0.6 is 7.82 Å². The van der Waals surface area contributed by atoms with Gasteiger partial charge in [0.1, 0.15) is 43.2 Å². The summed E-state index contributed by atoms with van der Waals surface area (Å²) in [4.78, 5) is 35.9.